The minimum Gasteiger partial charge on any atom is -0.359 e. The van der Waals surface area contributed by atoms with Crippen LogP contribution in [0.25, 0.3) is 0 Å². The SMILES string of the molecule is Cc1nn(C(C)C(=O)Nc2c(C)noc2C)c(C)c1Br. The van der Waals surface area contributed by atoms with Gasteiger partial charge in [-0.15, -0.1) is 0 Å². The van der Waals surface area contributed by atoms with E-state index in [4.69, 9.17) is 4.52 Å². The third kappa shape index (κ3) is 2.49. The van der Waals surface area contributed by atoms with Crippen molar-refractivity contribution >= 4 is 27.5 Å². The number of hydrogen-bond acceptors (Lipinski definition) is 4. The zero-order chi connectivity index (χ0) is 15.0. The van der Waals surface area contributed by atoms with E-state index < -0.39 is 6.04 Å². The molecule has 6 nitrogen and oxygen atoms in total. The Morgan fingerprint density at radius 1 is 1.30 bits per heavy atom. The Morgan fingerprint density at radius 3 is 2.40 bits per heavy atom. The Bertz CT molecular complexity index is 640. The van der Waals surface area contributed by atoms with Gasteiger partial charge in [0.05, 0.1) is 15.9 Å². The van der Waals surface area contributed by atoms with E-state index >= 15 is 0 Å². The highest BCUT2D eigenvalue weighted by atomic mass is 79.9. The number of nitrogens with zero attached hydrogens (tertiary/aromatic N) is 3. The van der Waals surface area contributed by atoms with Crippen molar-refractivity contribution in [3.05, 3.63) is 27.3 Å². The van der Waals surface area contributed by atoms with E-state index in [0.717, 1.165) is 15.9 Å². The van der Waals surface area contributed by atoms with Gasteiger partial charge in [0.15, 0.2) is 5.76 Å². The van der Waals surface area contributed by atoms with E-state index in [0.29, 0.717) is 17.1 Å². The summed E-state index contributed by atoms with van der Waals surface area (Å²) >= 11 is 3.46. The molecular weight excluding hydrogens is 324 g/mol. The molecule has 0 saturated carbocycles. The molecule has 2 heterocycles. The van der Waals surface area contributed by atoms with Crippen LogP contribution in [-0.4, -0.2) is 20.8 Å². The van der Waals surface area contributed by atoms with Crippen LogP contribution in [0.2, 0.25) is 0 Å². The maximum Gasteiger partial charge on any atom is 0.249 e. The number of hydrogen-bond donors (Lipinski definition) is 1. The summed E-state index contributed by atoms with van der Waals surface area (Å²) in [7, 11) is 0. The van der Waals surface area contributed by atoms with Crippen molar-refractivity contribution in [1.82, 2.24) is 14.9 Å². The lowest BCUT2D eigenvalue weighted by atomic mass is 10.2. The molecule has 0 aliphatic rings. The summed E-state index contributed by atoms with van der Waals surface area (Å²) < 4.78 is 7.66. The smallest absolute Gasteiger partial charge is 0.249 e. The summed E-state index contributed by atoms with van der Waals surface area (Å²) in [6.45, 7) is 9.17. The molecule has 2 rings (SSSR count). The topological polar surface area (TPSA) is 73.0 Å². The molecule has 0 radical (unpaired) electrons. The van der Waals surface area contributed by atoms with Gasteiger partial charge in [0, 0.05) is 0 Å². The molecule has 7 heteroatoms. The first kappa shape index (κ1) is 14.8. The molecule has 0 saturated heterocycles. The Morgan fingerprint density at radius 2 is 1.95 bits per heavy atom. The standard InChI is InChI=1S/C13H17BrN4O2/c1-6-11(14)8(3)18(16-6)9(4)13(19)15-12-7(2)17-20-10(12)5/h9H,1-5H3,(H,15,19). The Kier molecular flexibility index (Phi) is 3.99. The molecule has 1 atom stereocenters. The second-order valence-electron chi connectivity index (χ2n) is 4.79. The quantitative estimate of drug-likeness (QED) is 0.931. The number of halogens is 1. The normalized spacial score (nSPS) is 12.5. The highest BCUT2D eigenvalue weighted by Gasteiger charge is 2.22. The van der Waals surface area contributed by atoms with Crippen LogP contribution in [0.4, 0.5) is 5.69 Å². The largest absolute Gasteiger partial charge is 0.359 e. The molecule has 0 aromatic carbocycles. The van der Waals surface area contributed by atoms with Gasteiger partial charge in [0.25, 0.3) is 0 Å². The van der Waals surface area contributed by atoms with Crippen LogP contribution in [0.3, 0.4) is 0 Å². The summed E-state index contributed by atoms with van der Waals surface area (Å²) in [4.78, 5) is 12.3. The molecule has 2 aromatic heterocycles. The van der Waals surface area contributed by atoms with Gasteiger partial charge in [-0.25, -0.2) is 0 Å². The minimum atomic E-state index is -0.423. The van der Waals surface area contributed by atoms with Crippen LogP contribution in [-0.2, 0) is 4.79 Å². The second-order valence-corrected chi connectivity index (χ2v) is 5.59. The van der Waals surface area contributed by atoms with Crippen LogP contribution >= 0.6 is 15.9 Å². The highest BCUT2D eigenvalue weighted by molar-refractivity contribution is 9.10. The molecule has 0 fully saturated rings. The zero-order valence-electron chi connectivity index (χ0n) is 12.1. The van der Waals surface area contributed by atoms with Crippen molar-refractivity contribution in [1.29, 1.82) is 0 Å². The van der Waals surface area contributed by atoms with Crippen molar-refractivity contribution in [2.75, 3.05) is 5.32 Å². The summed E-state index contributed by atoms with van der Waals surface area (Å²) in [5, 5.41) is 11.0. The number of aromatic nitrogens is 3. The lowest BCUT2D eigenvalue weighted by Gasteiger charge is -2.14. The van der Waals surface area contributed by atoms with Gasteiger partial charge >= 0.3 is 0 Å². The molecule has 0 bridgehead atoms. The van der Waals surface area contributed by atoms with Crippen LogP contribution in [0.1, 0.15) is 35.8 Å². The fourth-order valence-electron chi connectivity index (χ4n) is 2.02. The average molecular weight is 341 g/mol. The Labute approximate surface area is 125 Å². The number of carbonyl (C=O) groups is 1. The summed E-state index contributed by atoms with van der Waals surface area (Å²) in [6.07, 6.45) is 0. The molecule has 0 aliphatic heterocycles. The third-order valence-electron chi connectivity index (χ3n) is 3.26. The van der Waals surface area contributed by atoms with Crippen LogP contribution in [0.5, 0.6) is 0 Å². The fraction of sp³-hybridized carbons (Fsp3) is 0.462. The molecule has 1 unspecified atom stereocenters. The van der Waals surface area contributed by atoms with E-state index in [1.54, 1.807) is 25.5 Å². The first-order chi connectivity index (χ1) is 9.32. The van der Waals surface area contributed by atoms with E-state index in [1.807, 2.05) is 13.8 Å². The first-order valence-corrected chi connectivity index (χ1v) is 7.07. The Balaban J connectivity index is 2.23. The zero-order valence-corrected chi connectivity index (χ0v) is 13.7. The predicted octanol–water partition coefficient (Wildman–Crippen LogP) is 3.07. The number of carbonyl (C=O) groups excluding carboxylic acids is 1. The van der Waals surface area contributed by atoms with Crippen molar-refractivity contribution in [3.63, 3.8) is 0 Å². The average Bonchev–Trinajstić information content (AvgIpc) is 2.85. The molecule has 20 heavy (non-hydrogen) atoms. The number of amides is 1. The van der Waals surface area contributed by atoms with Gasteiger partial charge in [-0.1, -0.05) is 5.16 Å². The van der Waals surface area contributed by atoms with E-state index in [-0.39, 0.29) is 5.91 Å². The van der Waals surface area contributed by atoms with Crippen LogP contribution in [0, 0.1) is 27.7 Å². The van der Waals surface area contributed by atoms with Gasteiger partial charge in [-0.05, 0) is 50.5 Å². The first-order valence-electron chi connectivity index (χ1n) is 6.27. The minimum absolute atomic E-state index is 0.155. The maximum atomic E-state index is 12.3. The summed E-state index contributed by atoms with van der Waals surface area (Å²) in [6, 6.07) is -0.423. The van der Waals surface area contributed by atoms with Crippen molar-refractivity contribution in [3.8, 4) is 0 Å². The van der Waals surface area contributed by atoms with Gasteiger partial charge in [0.1, 0.15) is 17.4 Å². The van der Waals surface area contributed by atoms with Crippen molar-refractivity contribution < 1.29 is 9.32 Å². The number of aryl methyl sites for hydroxylation is 3. The molecule has 2 aromatic rings. The predicted molar refractivity (Wildman–Crippen MR) is 78.7 cm³/mol. The lowest BCUT2D eigenvalue weighted by molar-refractivity contribution is -0.119. The second kappa shape index (κ2) is 5.40. The molecule has 0 spiro atoms. The van der Waals surface area contributed by atoms with Gasteiger partial charge in [0.2, 0.25) is 5.91 Å². The number of anilines is 1. The van der Waals surface area contributed by atoms with Crippen LogP contribution in [0.15, 0.2) is 9.00 Å². The van der Waals surface area contributed by atoms with Gasteiger partial charge in [-0.2, -0.15) is 5.10 Å². The third-order valence-corrected chi connectivity index (χ3v) is 4.41. The molecule has 0 aliphatic carbocycles. The van der Waals surface area contributed by atoms with Crippen molar-refractivity contribution in [2.24, 2.45) is 0 Å². The van der Waals surface area contributed by atoms with Crippen molar-refractivity contribution in [2.45, 2.75) is 40.7 Å². The van der Waals surface area contributed by atoms with Gasteiger partial charge in [-0.3, -0.25) is 9.48 Å². The van der Waals surface area contributed by atoms with E-state index in [9.17, 15) is 4.79 Å². The number of rotatable bonds is 3. The summed E-state index contributed by atoms with van der Waals surface area (Å²) in [5.74, 6) is 0.440. The maximum absolute atomic E-state index is 12.3. The Hall–Kier alpha value is -1.63. The highest BCUT2D eigenvalue weighted by Crippen LogP contribution is 2.24. The van der Waals surface area contributed by atoms with Crippen LogP contribution < -0.4 is 5.32 Å². The summed E-state index contributed by atoms with van der Waals surface area (Å²) in [5.41, 5.74) is 3.07. The van der Waals surface area contributed by atoms with E-state index in [1.165, 1.54) is 0 Å². The monoisotopic (exact) mass is 340 g/mol. The fourth-order valence-corrected chi connectivity index (χ4v) is 2.28. The molecule has 1 N–H and O–H groups in total. The van der Waals surface area contributed by atoms with E-state index in [2.05, 4.69) is 31.5 Å². The molecular formula is C13H17BrN4O2. The lowest BCUT2D eigenvalue weighted by Crippen LogP contribution is -2.25. The molecule has 1 amide bonds. The number of nitrogens with one attached hydrogen (secondary N) is 1. The van der Waals surface area contributed by atoms with Gasteiger partial charge < -0.3 is 9.84 Å². The molecule has 108 valence electrons.